The maximum atomic E-state index is 10.9. The third kappa shape index (κ3) is 2.22. The highest BCUT2D eigenvalue weighted by molar-refractivity contribution is 5.73. The van der Waals surface area contributed by atoms with Crippen LogP contribution in [0.25, 0.3) is 0 Å². The number of allylic oxidation sites excluding steroid dienone is 3. The molecule has 2 nitrogen and oxygen atoms in total. The van der Waals surface area contributed by atoms with Crippen molar-refractivity contribution in [3.8, 4) is 0 Å². The van der Waals surface area contributed by atoms with Gasteiger partial charge in [-0.25, -0.2) is 0 Å². The largest absolute Gasteiger partial charge is 0.469 e. The van der Waals surface area contributed by atoms with Gasteiger partial charge in [0.05, 0.1) is 13.5 Å². The van der Waals surface area contributed by atoms with Crippen molar-refractivity contribution in [2.45, 2.75) is 26.2 Å². The number of carbonyl (C=O) groups excluding carboxylic acids is 1. The number of hydrogen-bond donors (Lipinski definition) is 0. The summed E-state index contributed by atoms with van der Waals surface area (Å²) in [5.41, 5.74) is 2.33. The molecule has 0 spiro atoms. The summed E-state index contributed by atoms with van der Waals surface area (Å²) in [6, 6.07) is 0. The van der Waals surface area contributed by atoms with Gasteiger partial charge in [-0.15, -0.1) is 0 Å². The van der Waals surface area contributed by atoms with Crippen LogP contribution < -0.4 is 0 Å². The molecule has 0 aromatic heterocycles. The van der Waals surface area contributed by atoms with Crippen molar-refractivity contribution in [3.05, 3.63) is 23.3 Å². The Labute approximate surface area is 72.9 Å². The molecule has 0 heterocycles. The fourth-order valence-electron chi connectivity index (χ4n) is 1.29. The van der Waals surface area contributed by atoms with Gasteiger partial charge in [0.2, 0.25) is 0 Å². The van der Waals surface area contributed by atoms with E-state index in [4.69, 9.17) is 0 Å². The van der Waals surface area contributed by atoms with Crippen LogP contribution in [-0.4, -0.2) is 13.1 Å². The molecule has 2 heteroatoms. The second-order valence-electron chi connectivity index (χ2n) is 2.95. The topological polar surface area (TPSA) is 26.3 Å². The lowest BCUT2D eigenvalue weighted by Crippen LogP contribution is -2.04. The summed E-state index contributed by atoms with van der Waals surface area (Å²) in [5, 5.41) is 0. The van der Waals surface area contributed by atoms with Crippen molar-refractivity contribution in [2.24, 2.45) is 0 Å². The molecule has 66 valence electrons. The lowest BCUT2D eigenvalue weighted by Gasteiger charge is -2.10. The van der Waals surface area contributed by atoms with Crippen LogP contribution in [0.15, 0.2) is 23.3 Å². The SMILES string of the molecule is COC(=O)CC1=CCCC=C1C. The Hall–Kier alpha value is -1.05. The molecule has 0 saturated carbocycles. The Bertz CT molecular complexity index is 236. The summed E-state index contributed by atoms with van der Waals surface area (Å²) in [7, 11) is 1.42. The fourth-order valence-corrected chi connectivity index (χ4v) is 1.29. The monoisotopic (exact) mass is 166 g/mol. The molecule has 0 aromatic rings. The normalized spacial score (nSPS) is 16.5. The van der Waals surface area contributed by atoms with E-state index in [0.29, 0.717) is 6.42 Å². The highest BCUT2D eigenvalue weighted by Crippen LogP contribution is 2.20. The number of ether oxygens (including phenoxy) is 1. The van der Waals surface area contributed by atoms with Gasteiger partial charge >= 0.3 is 5.97 Å². The van der Waals surface area contributed by atoms with Gasteiger partial charge in [0.1, 0.15) is 0 Å². The lowest BCUT2D eigenvalue weighted by atomic mass is 9.97. The van der Waals surface area contributed by atoms with E-state index in [9.17, 15) is 4.79 Å². The lowest BCUT2D eigenvalue weighted by molar-refractivity contribution is -0.139. The summed E-state index contributed by atoms with van der Waals surface area (Å²) in [6.07, 6.45) is 6.84. The smallest absolute Gasteiger partial charge is 0.309 e. The molecule has 0 aliphatic heterocycles. The van der Waals surface area contributed by atoms with Crippen LogP contribution in [0.4, 0.5) is 0 Å². The zero-order valence-corrected chi connectivity index (χ0v) is 7.59. The quantitative estimate of drug-likeness (QED) is 0.588. The first-order valence-corrected chi connectivity index (χ1v) is 4.17. The second kappa shape index (κ2) is 4.10. The standard InChI is InChI=1S/C10H14O2/c1-8-5-3-4-6-9(8)7-10(11)12-2/h5-6H,3-4,7H2,1-2H3. The molecule has 0 fully saturated rings. The van der Waals surface area contributed by atoms with Gasteiger partial charge in [-0.2, -0.15) is 0 Å². The maximum absolute atomic E-state index is 10.9. The summed E-state index contributed by atoms with van der Waals surface area (Å²) in [6.45, 7) is 2.04. The predicted octanol–water partition coefficient (Wildman–Crippen LogP) is 2.22. The first-order chi connectivity index (χ1) is 5.74. The molecule has 12 heavy (non-hydrogen) atoms. The van der Waals surface area contributed by atoms with E-state index in [1.54, 1.807) is 0 Å². The predicted molar refractivity (Wildman–Crippen MR) is 47.7 cm³/mol. The van der Waals surface area contributed by atoms with Crippen LogP contribution >= 0.6 is 0 Å². The summed E-state index contributed by atoms with van der Waals surface area (Å²) >= 11 is 0. The number of hydrogen-bond acceptors (Lipinski definition) is 2. The van der Waals surface area contributed by atoms with Gasteiger partial charge in [0.25, 0.3) is 0 Å². The van der Waals surface area contributed by atoms with E-state index >= 15 is 0 Å². The van der Waals surface area contributed by atoms with E-state index in [1.807, 2.05) is 6.92 Å². The van der Waals surface area contributed by atoms with Crippen molar-refractivity contribution in [1.82, 2.24) is 0 Å². The fraction of sp³-hybridized carbons (Fsp3) is 0.500. The molecule has 0 N–H and O–H groups in total. The van der Waals surface area contributed by atoms with Crippen molar-refractivity contribution in [2.75, 3.05) is 7.11 Å². The third-order valence-corrected chi connectivity index (χ3v) is 2.08. The molecule has 1 aliphatic rings. The molecule has 0 bridgehead atoms. The Kier molecular flexibility index (Phi) is 3.09. The highest BCUT2D eigenvalue weighted by atomic mass is 16.5. The van der Waals surface area contributed by atoms with E-state index in [0.717, 1.165) is 18.4 Å². The van der Waals surface area contributed by atoms with E-state index in [1.165, 1.54) is 12.7 Å². The molecule has 1 aliphatic carbocycles. The van der Waals surface area contributed by atoms with Gasteiger partial charge in [0.15, 0.2) is 0 Å². The van der Waals surface area contributed by atoms with Gasteiger partial charge < -0.3 is 4.74 Å². The molecule has 0 saturated heterocycles. The van der Waals surface area contributed by atoms with Crippen molar-refractivity contribution < 1.29 is 9.53 Å². The van der Waals surface area contributed by atoms with Crippen molar-refractivity contribution in [1.29, 1.82) is 0 Å². The molecule has 0 unspecified atom stereocenters. The zero-order chi connectivity index (χ0) is 8.97. The van der Waals surface area contributed by atoms with Crippen LogP contribution in [0.3, 0.4) is 0 Å². The minimum Gasteiger partial charge on any atom is -0.469 e. The van der Waals surface area contributed by atoms with Crippen molar-refractivity contribution >= 4 is 5.97 Å². The van der Waals surface area contributed by atoms with Crippen molar-refractivity contribution in [3.63, 3.8) is 0 Å². The number of rotatable bonds is 2. The Morgan fingerprint density at radius 3 is 2.75 bits per heavy atom. The molecular formula is C10H14O2. The van der Waals surface area contributed by atoms with Crippen LogP contribution in [0.5, 0.6) is 0 Å². The minimum absolute atomic E-state index is 0.157. The van der Waals surface area contributed by atoms with Crippen LogP contribution in [0, 0.1) is 0 Å². The molecule has 1 rings (SSSR count). The average Bonchev–Trinajstić information content (AvgIpc) is 2.09. The Morgan fingerprint density at radius 2 is 2.17 bits per heavy atom. The van der Waals surface area contributed by atoms with Crippen LogP contribution in [0.2, 0.25) is 0 Å². The molecular weight excluding hydrogens is 152 g/mol. The number of methoxy groups -OCH3 is 1. The minimum atomic E-state index is -0.157. The maximum Gasteiger partial charge on any atom is 0.309 e. The van der Waals surface area contributed by atoms with Gasteiger partial charge in [-0.05, 0) is 25.3 Å². The highest BCUT2D eigenvalue weighted by Gasteiger charge is 2.09. The number of carbonyl (C=O) groups is 1. The second-order valence-corrected chi connectivity index (χ2v) is 2.95. The van der Waals surface area contributed by atoms with E-state index < -0.39 is 0 Å². The summed E-state index contributed by atoms with van der Waals surface area (Å²) < 4.78 is 4.59. The molecule has 0 amide bonds. The van der Waals surface area contributed by atoms with Crippen LogP contribution in [0.1, 0.15) is 26.2 Å². The summed E-state index contributed by atoms with van der Waals surface area (Å²) in [4.78, 5) is 10.9. The Morgan fingerprint density at radius 1 is 1.50 bits per heavy atom. The van der Waals surface area contributed by atoms with E-state index in [-0.39, 0.29) is 5.97 Å². The first kappa shape index (κ1) is 9.04. The third-order valence-electron chi connectivity index (χ3n) is 2.08. The van der Waals surface area contributed by atoms with E-state index in [2.05, 4.69) is 16.9 Å². The summed E-state index contributed by atoms with van der Waals surface area (Å²) in [5.74, 6) is -0.157. The average molecular weight is 166 g/mol. The molecule has 0 aromatic carbocycles. The van der Waals surface area contributed by atoms with Gasteiger partial charge in [-0.3, -0.25) is 4.79 Å². The zero-order valence-electron chi connectivity index (χ0n) is 7.59. The first-order valence-electron chi connectivity index (χ1n) is 4.17. The van der Waals surface area contributed by atoms with Crippen LogP contribution in [-0.2, 0) is 9.53 Å². The molecule has 0 atom stereocenters. The number of esters is 1. The Balaban J connectivity index is 2.57. The molecule has 0 radical (unpaired) electrons. The van der Waals surface area contributed by atoms with Gasteiger partial charge in [0, 0.05) is 0 Å². The van der Waals surface area contributed by atoms with Gasteiger partial charge in [-0.1, -0.05) is 17.7 Å².